The number of rotatable bonds is 6. The number of hydrogen-bond acceptors (Lipinski definition) is 4. The van der Waals surface area contributed by atoms with Gasteiger partial charge in [-0.3, -0.25) is 4.79 Å². The molecule has 0 bridgehead atoms. The van der Waals surface area contributed by atoms with Gasteiger partial charge in [-0.2, -0.15) is 5.10 Å². The number of hydrazone groups is 1. The smallest absolute Gasteiger partial charge is 0.255 e. The Kier molecular flexibility index (Phi) is 6.51. The summed E-state index contributed by atoms with van der Waals surface area (Å²) < 4.78 is 26.6. The summed E-state index contributed by atoms with van der Waals surface area (Å²) in [6.45, 7) is 9.53. The summed E-state index contributed by atoms with van der Waals surface area (Å²) in [6.07, 6.45) is 1.59. The van der Waals surface area contributed by atoms with Crippen LogP contribution >= 0.6 is 0 Å². The van der Waals surface area contributed by atoms with Crippen molar-refractivity contribution in [3.05, 3.63) is 63.7 Å². The van der Waals surface area contributed by atoms with Crippen molar-refractivity contribution in [1.29, 1.82) is 0 Å². The van der Waals surface area contributed by atoms with Gasteiger partial charge in [-0.15, -0.1) is 0 Å². The summed E-state index contributed by atoms with van der Waals surface area (Å²) in [6, 6.07) is 8.51. The van der Waals surface area contributed by atoms with Crippen LogP contribution in [0.3, 0.4) is 0 Å². The molecule has 0 aliphatic carbocycles. The van der Waals surface area contributed by atoms with Crippen LogP contribution in [0.4, 0.5) is 0 Å². The average molecular weight is 388 g/mol. The van der Waals surface area contributed by atoms with E-state index in [-0.39, 0.29) is 4.90 Å². The number of aryl methyl sites for hydroxylation is 3. The topological polar surface area (TPSA) is 87.6 Å². The molecule has 0 aliphatic rings. The minimum atomic E-state index is -3.74. The van der Waals surface area contributed by atoms with E-state index in [1.165, 1.54) is 12.1 Å². The van der Waals surface area contributed by atoms with E-state index >= 15 is 0 Å². The van der Waals surface area contributed by atoms with E-state index in [1.807, 2.05) is 34.6 Å². The Hall–Kier alpha value is -2.51. The fourth-order valence-corrected chi connectivity index (χ4v) is 3.59. The van der Waals surface area contributed by atoms with Crippen molar-refractivity contribution in [2.45, 2.75) is 39.5 Å². The van der Waals surface area contributed by atoms with E-state index in [1.54, 1.807) is 18.3 Å². The van der Waals surface area contributed by atoms with Gasteiger partial charge in [0.2, 0.25) is 10.0 Å². The van der Waals surface area contributed by atoms with Crippen molar-refractivity contribution in [3.8, 4) is 0 Å². The van der Waals surface area contributed by atoms with Crippen molar-refractivity contribution >= 4 is 22.1 Å². The van der Waals surface area contributed by atoms with Gasteiger partial charge in [-0.1, -0.05) is 23.8 Å². The molecular formula is C20H25N3O3S. The maximum absolute atomic E-state index is 12.2. The van der Waals surface area contributed by atoms with Crippen molar-refractivity contribution < 1.29 is 13.2 Å². The highest BCUT2D eigenvalue weighted by Gasteiger charge is 2.15. The van der Waals surface area contributed by atoms with Gasteiger partial charge < -0.3 is 0 Å². The lowest BCUT2D eigenvalue weighted by atomic mass is 9.95. The first kappa shape index (κ1) is 20.8. The molecule has 0 radical (unpaired) electrons. The van der Waals surface area contributed by atoms with E-state index in [9.17, 15) is 13.2 Å². The third-order valence-electron chi connectivity index (χ3n) is 4.56. The Morgan fingerprint density at radius 3 is 2.11 bits per heavy atom. The van der Waals surface area contributed by atoms with Crippen molar-refractivity contribution in [2.24, 2.45) is 5.10 Å². The molecule has 1 amide bonds. The minimum Gasteiger partial charge on any atom is -0.272 e. The molecule has 0 spiro atoms. The van der Waals surface area contributed by atoms with Gasteiger partial charge in [-0.05, 0) is 69.0 Å². The van der Waals surface area contributed by atoms with E-state index in [0.29, 0.717) is 0 Å². The van der Waals surface area contributed by atoms with Gasteiger partial charge in [0.15, 0.2) is 0 Å². The Morgan fingerprint density at radius 1 is 1.00 bits per heavy atom. The molecule has 27 heavy (non-hydrogen) atoms. The van der Waals surface area contributed by atoms with E-state index in [2.05, 4.69) is 21.3 Å². The van der Waals surface area contributed by atoms with Crippen LogP contribution < -0.4 is 10.1 Å². The number of hydrogen-bond donors (Lipinski definition) is 2. The Labute approximate surface area is 160 Å². The zero-order chi connectivity index (χ0) is 20.2. The summed E-state index contributed by atoms with van der Waals surface area (Å²) in [4.78, 5) is 12.0. The second-order valence-corrected chi connectivity index (χ2v) is 8.37. The Bertz CT molecular complexity index is 952. The van der Waals surface area contributed by atoms with Gasteiger partial charge in [0.05, 0.1) is 17.7 Å². The number of benzene rings is 2. The molecule has 0 aromatic heterocycles. The molecule has 7 heteroatoms. The summed E-state index contributed by atoms with van der Waals surface area (Å²) in [5.41, 5.74) is 8.76. The van der Waals surface area contributed by atoms with Crippen LogP contribution in [0, 0.1) is 34.6 Å². The maximum Gasteiger partial charge on any atom is 0.255 e. The molecule has 2 aromatic rings. The molecule has 0 heterocycles. The van der Waals surface area contributed by atoms with Crippen LogP contribution in [0.15, 0.2) is 40.3 Å². The molecule has 0 saturated heterocycles. The third kappa shape index (κ3) is 5.24. The lowest BCUT2D eigenvalue weighted by molar-refractivity contribution is -0.119. The van der Waals surface area contributed by atoms with Crippen molar-refractivity contribution in [2.75, 3.05) is 6.54 Å². The SMILES string of the molecule is Cc1ccc(S(=O)(=O)NCC(=O)NN=Cc2c(C)c(C)cc(C)c2C)cc1. The molecule has 0 aliphatic heterocycles. The van der Waals surface area contributed by atoms with E-state index < -0.39 is 22.5 Å². The Balaban J connectivity index is 1.99. The summed E-state index contributed by atoms with van der Waals surface area (Å²) >= 11 is 0. The molecule has 2 N–H and O–H groups in total. The minimum absolute atomic E-state index is 0.117. The zero-order valence-electron chi connectivity index (χ0n) is 16.3. The van der Waals surface area contributed by atoms with Crippen LogP contribution in [0.2, 0.25) is 0 Å². The van der Waals surface area contributed by atoms with Gasteiger partial charge in [0.1, 0.15) is 0 Å². The predicted molar refractivity (Wildman–Crippen MR) is 107 cm³/mol. The quantitative estimate of drug-likeness (QED) is 0.590. The first-order valence-corrected chi connectivity index (χ1v) is 10.1. The average Bonchev–Trinajstić information content (AvgIpc) is 2.61. The second kappa shape index (κ2) is 8.45. The molecule has 144 valence electrons. The summed E-state index contributed by atoms with van der Waals surface area (Å²) in [5.74, 6) is -0.540. The highest BCUT2D eigenvalue weighted by Crippen LogP contribution is 2.19. The molecular weight excluding hydrogens is 362 g/mol. The molecule has 0 atom stereocenters. The third-order valence-corrected chi connectivity index (χ3v) is 5.98. The first-order valence-electron chi connectivity index (χ1n) is 8.57. The van der Waals surface area contributed by atoms with Crippen LogP contribution in [0.5, 0.6) is 0 Å². The summed E-state index contributed by atoms with van der Waals surface area (Å²) in [5, 5.41) is 3.97. The number of nitrogens with one attached hydrogen (secondary N) is 2. The molecule has 0 unspecified atom stereocenters. The second-order valence-electron chi connectivity index (χ2n) is 6.60. The normalized spacial score (nSPS) is 11.7. The molecule has 6 nitrogen and oxygen atoms in total. The largest absolute Gasteiger partial charge is 0.272 e. The van der Waals surface area contributed by atoms with Crippen LogP contribution in [-0.2, 0) is 14.8 Å². The van der Waals surface area contributed by atoms with Crippen LogP contribution in [0.1, 0.15) is 33.4 Å². The van der Waals surface area contributed by atoms with Gasteiger partial charge in [0, 0.05) is 5.56 Å². The van der Waals surface area contributed by atoms with E-state index in [4.69, 9.17) is 0 Å². The lowest BCUT2D eigenvalue weighted by Gasteiger charge is -2.11. The number of nitrogens with zero attached hydrogens (tertiary/aromatic N) is 1. The first-order chi connectivity index (χ1) is 12.6. The molecule has 0 saturated carbocycles. The Morgan fingerprint density at radius 2 is 1.56 bits per heavy atom. The fraction of sp³-hybridized carbons (Fsp3) is 0.300. The highest BCUT2D eigenvalue weighted by molar-refractivity contribution is 7.89. The highest BCUT2D eigenvalue weighted by atomic mass is 32.2. The van der Waals surface area contributed by atoms with Crippen LogP contribution in [0.25, 0.3) is 0 Å². The zero-order valence-corrected chi connectivity index (χ0v) is 17.1. The monoisotopic (exact) mass is 387 g/mol. The lowest BCUT2D eigenvalue weighted by Crippen LogP contribution is -2.34. The molecule has 2 aromatic carbocycles. The van der Waals surface area contributed by atoms with Crippen molar-refractivity contribution in [3.63, 3.8) is 0 Å². The number of carbonyl (C=O) groups is 1. The predicted octanol–water partition coefficient (Wildman–Crippen LogP) is 2.66. The standard InChI is InChI=1S/C20H25N3O3S/c1-13-6-8-18(9-7-13)27(25,26)22-12-20(24)23-21-11-19-16(4)14(2)10-15(3)17(19)5/h6-11,22H,12H2,1-5H3,(H,23,24). The maximum atomic E-state index is 12.2. The summed E-state index contributed by atoms with van der Waals surface area (Å²) in [7, 11) is -3.74. The molecule has 2 rings (SSSR count). The van der Waals surface area contributed by atoms with Crippen LogP contribution in [-0.4, -0.2) is 27.1 Å². The number of sulfonamides is 1. The number of amides is 1. The number of carbonyl (C=O) groups excluding carboxylic acids is 1. The van der Waals surface area contributed by atoms with E-state index in [0.717, 1.165) is 33.4 Å². The van der Waals surface area contributed by atoms with Crippen molar-refractivity contribution in [1.82, 2.24) is 10.1 Å². The van der Waals surface area contributed by atoms with Gasteiger partial charge in [0.25, 0.3) is 5.91 Å². The molecule has 0 fully saturated rings. The van der Waals surface area contributed by atoms with Gasteiger partial charge in [-0.25, -0.2) is 18.6 Å². The van der Waals surface area contributed by atoms with Gasteiger partial charge >= 0.3 is 0 Å². The fourth-order valence-electron chi connectivity index (χ4n) is 2.61.